The topological polar surface area (TPSA) is 59.0 Å². The molecular formula is C17H20N4O. The quantitative estimate of drug-likeness (QED) is 0.909. The van der Waals surface area contributed by atoms with Gasteiger partial charge in [0.25, 0.3) is 5.91 Å². The molecule has 0 saturated carbocycles. The van der Waals surface area contributed by atoms with Gasteiger partial charge in [-0.3, -0.25) is 9.36 Å². The van der Waals surface area contributed by atoms with Gasteiger partial charge in [-0.1, -0.05) is 18.2 Å². The predicted molar refractivity (Wildman–Crippen MR) is 84.0 cm³/mol. The fourth-order valence-electron chi connectivity index (χ4n) is 3.69. The SMILES string of the molecule is O=C(NC1CC2CCC(C1)N2)c1cncn1-c1ccccc1. The van der Waals surface area contributed by atoms with Crippen molar-refractivity contribution in [3.8, 4) is 5.69 Å². The van der Waals surface area contributed by atoms with Crippen LogP contribution in [0.5, 0.6) is 0 Å². The number of piperidine rings is 1. The van der Waals surface area contributed by atoms with E-state index in [9.17, 15) is 4.79 Å². The van der Waals surface area contributed by atoms with Gasteiger partial charge in [0.05, 0.1) is 12.5 Å². The molecule has 114 valence electrons. The smallest absolute Gasteiger partial charge is 0.270 e. The third kappa shape index (κ3) is 2.52. The summed E-state index contributed by atoms with van der Waals surface area (Å²) < 4.78 is 1.84. The third-order valence-electron chi connectivity index (χ3n) is 4.71. The van der Waals surface area contributed by atoms with Crippen molar-refractivity contribution >= 4 is 5.91 Å². The minimum absolute atomic E-state index is 0.0346. The van der Waals surface area contributed by atoms with Crippen molar-refractivity contribution in [3.05, 3.63) is 48.5 Å². The highest BCUT2D eigenvalue weighted by molar-refractivity contribution is 5.93. The van der Waals surface area contributed by atoms with Crippen molar-refractivity contribution < 1.29 is 4.79 Å². The lowest BCUT2D eigenvalue weighted by molar-refractivity contribution is 0.0917. The fourth-order valence-corrected chi connectivity index (χ4v) is 3.69. The first-order valence-corrected chi connectivity index (χ1v) is 7.94. The number of nitrogens with one attached hydrogen (secondary N) is 2. The highest BCUT2D eigenvalue weighted by Crippen LogP contribution is 2.27. The molecule has 2 saturated heterocycles. The van der Waals surface area contributed by atoms with Crippen molar-refractivity contribution in [2.75, 3.05) is 0 Å². The molecule has 2 aliphatic rings. The van der Waals surface area contributed by atoms with Crippen molar-refractivity contribution in [3.63, 3.8) is 0 Å². The monoisotopic (exact) mass is 296 g/mol. The van der Waals surface area contributed by atoms with Crippen LogP contribution in [0.15, 0.2) is 42.9 Å². The van der Waals surface area contributed by atoms with Gasteiger partial charge in [-0.25, -0.2) is 4.98 Å². The van der Waals surface area contributed by atoms with E-state index in [0.717, 1.165) is 18.5 Å². The van der Waals surface area contributed by atoms with Crippen molar-refractivity contribution in [1.82, 2.24) is 20.2 Å². The first-order chi connectivity index (χ1) is 10.8. The van der Waals surface area contributed by atoms with Crippen LogP contribution in [0.25, 0.3) is 5.69 Å². The minimum Gasteiger partial charge on any atom is -0.348 e. The highest BCUT2D eigenvalue weighted by Gasteiger charge is 2.34. The van der Waals surface area contributed by atoms with Gasteiger partial charge in [-0.15, -0.1) is 0 Å². The molecule has 1 aromatic carbocycles. The zero-order chi connectivity index (χ0) is 14.9. The standard InChI is InChI=1S/C17H20N4O/c22-17(20-14-8-12-6-7-13(9-14)19-12)16-10-18-11-21(16)15-4-2-1-3-5-15/h1-5,10-14,19H,6-9H2,(H,20,22). The summed E-state index contributed by atoms with van der Waals surface area (Å²) in [5, 5.41) is 6.79. The maximum Gasteiger partial charge on any atom is 0.270 e. The average molecular weight is 296 g/mol. The first kappa shape index (κ1) is 13.5. The zero-order valence-electron chi connectivity index (χ0n) is 12.4. The second-order valence-electron chi connectivity index (χ2n) is 6.26. The molecule has 0 spiro atoms. The van der Waals surface area contributed by atoms with Crippen LogP contribution in [0.4, 0.5) is 0 Å². The number of para-hydroxylation sites is 1. The van der Waals surface area contributed by atoms with Gasteiger partial charge in [0.1, 0.15) is 5.69 Å². The molecular weight excluding hydrogens is 276 g/mol. The summed E-state index contributed by atoms with van der Waals surface area (Å²) in [5.41, 5.74) is 1.55. The molecule has 5 heteroatoms. The number of rotatable bonds is 3. The number of amides is 1. The molecule has 0 aliphatic carbocycles. The molecule has 2 aromatic rings. The second kappa shape index (κ2) is 5.57. The van der Waals surface area contributed by atoms with E-state index in [1.807, 2.05) is 34.9 Å². The summed E-state index contributed by atoms with van der Waals surface area (Å²) in [6, 6.07) is 11.2. The molecule has 2 bridgehead atoms. The highest BCUT2D eigenvalue weighted by atomic mass is 16.2. The lowest BCUT2D eigenvalue weighted by Gasteiger charge is -2.29. The van der Waals surface area contributed by atoms with E-state index < -0.39 is 0 Å². The van der Waals surface area contributed by atoms with Crippen LogP contribution in [0.3, 0.4) is 0 Å². The summed E-state index contributed by atoms with van der Waals surface area (Å²) in [4.78, 5) is 16.8. The van der Waals surface area contributed by atoms with E-state index >= 15 is 0 Å². The zero-order valence-corrected chi connectivity index (χ0v) is 12.4. The van der Waals surface area contributed by atoms with Crippen LogP contribution in [0.1, 0.15) is 36.2 Å². The number of carbonyl (C=O) groups is 1. The molecule has 2 atom stereocenters. The number of imidazole rings is 1. The molecule has 1 aromatic heterocycles. The Morgan fingerprint density at radius 2 is 1.91 bits per heavy atom. The molecule has 2 fully saturated rings. The second-order valence-corrected chi connectivity index (χ2v) is 6.26. The van der Waals surface area contributed by atoms with E-state index in [2.05, 4.69) is 15.6 Å². The maximum absolute atomic E-state index is 12.6. The average Bonchev–Trinajstić information content (AvgIpc) is 3.15. The third-order valence-corrected chi connectivity index (χ3v) is 4.71. The van der Waals surface area contributed by atoms with Gasteiger partial charge in [0.2, 0.25) is 0 Å². The summed E-state index contributed by atoms with van der Waals surface area (Å²) in [7, 11) is 0. The first-order valence-electron chi connectivity index (χ1n) is 7.94. The molecule has 0 radical (unpaired) electrons. The molecule has 2 aliphatic heterocycles. The van der Waals surface area contributed by atoms with E-state index in [0.29, 0.717) is 17.8 Å². The van der Waals surface area contributed by atoms with Crippen LogP contribution in [-0.2, 0) is 0 Å². The van der Waals surface area contributed by atoms with Gasteiger partial charge >= 0.3 is 0 Å². The normalized spacial score (nSPS) is 26.8. The Labute approximate surface area is 129 Å². The Hall–Kier alpha value is -2.14. The number of hydrogen-bond acceptors (Lipinski definition) is 3. The summed E-state index contributed by atoms with van der Waals surface area (Å²) in [6.07, 6.45) is 7.86. The van der Waals surface area contributed by atoms with Gasteiger partial charge in [-0.2, -0.15) is 0 Å². The summed E-state index contributed by atoms with van der Waals surface area (Å²) >= 11 is 0. The number of nitrogens with zero attached hydrogens (tertiary/aromatic N) is 2. The molecule has 3 heterocycles. The molecule has 1 amide bonds. The Morgan fingerprint density at radius 1 is 1.18 bits per heavy atom. The van der Waals surface area contributed by atoms with Crippen LogP contribution < -0.4 is 10.6 Å². The molecule has 2 unspecified atom stereocenters. The number of aromatic nitrogens is 2. The number of fused-ring (bicyclic) bond motifs is 2. The number of hydrogen-bond donors (Lipinski definition) is 2. The largest absolute Gasteiger partial charge is 0.348 e. The Bertz CT molecular complexity index is 654. The van der Waals surface area contributed by atoms with E-state index in [4.69, 9.17) is 0 Å². The maximum atomic E-state index is 12.6. The van der Waals surface area contributed by atoms with Gasteiger partial charge in [0.15, 0.2) is 0 Å². The van der Waals surface area contributed by atoms with Gasteiger partial charge in [-0.05, 0) is 37.8 Å². The van der Waals surface area contributed by atoms with Crippen LogP contribution in [-0.4, -0.2) is 33.6 Å². The van der Waals surface area contributed by atoms with Crippen molar-refractivity contribution in [2.45, 2.75) is 43.8 Å². The Balaban J connectivity index is 1.51. The van der Waals surface area contributed by atoms with Crippen molar-refractivity contribution in [2.24, 2.45) is 0 Å². The molecule has 5 nitrogen and oxygen atoms in total. The summed E-state index contributed by atoms with van der Waals surface area (Å²) in [5.74, 6) is -0.0346. The summed E-state index contributed by atoms with van der Waals surface area (Å²) in [6.45, 7) is 0. The molecule has 22 heavy (non-hydrogen) atoms. The Kier molecular flexibility index (Phi) is 3.42. The Morgan fingerprint density at radius 3 is 2.64 bits per heavy atom. The van der Waals surface area contributed by atoms with E-state index in [1.165, 1.54) is 12.8 Å². The lowest BCUT2D eigenvalue weighted by atomic mass is 10.00. The van der Waals surface area contributed by atoms with Crippen LogP contribution in [0, 0.1) is 0 Å². The molecule has 4 rings (SSSR count). The number of benzene rings is 1. The number of carbonyl (C=O) groups excluding carboxylic acids is 1. The predicted octanol–water partition coefficient (Wildman–Crippen LogP) is 1.89. The van der Waals surface area contributed by atoms with Gasteiger partial charge < -0.3 is 10.6 Å². The van der Waals surface area contributed by atoms with E-state index in [-0.39, 0.29) is 11.9 Å². The molecule has 2 N–H and O–H groups in total. The minimum atomic E-state index is -0.0346. The van der Waals surface area contributed by atoms with Crippen LogP contribution >= 0.6 is 0 Å². The fraction of sp³-hybridized carbons (Fsp3) is 0.412. The van der Waals surface area contributed by atoms with Crippen LogP contribution in [0.2, 0.25) is 0 Å². The van der Waals surface area contributed by atoms with Crippen molar-refractivity contribution in [1.29, 1.82) is 0 Å². The van der Waals surface area contributed by atoms with Gasteiger partial charge in [0, 0.05) is 23.8 Å². The lowest BCUT2D eigenvalue weighted by Crippen LogP contribution is -2.48. The van der Waals surface area contributed by atoms with E-state index in [1.54, 1.807) is 12.5 Å².